The van der Waals surface area contributed by atoms with Gasteiger partial charge in [0.05, 0.1) is 6.61 Å². The number of aromatic amines is 1. The van der Waals surface area contributed by atoms with E-state index in [0.717, 1.165) is 5.57 Å². The smallest absolute Gasteiger partial charge is 0.330 e. The summed E-state index contributed by atoms with van der Waals surface area (Å²) < 4.78 is 6.78. The van der Waals surface area contributed by atoms with E-state index in [2.05, 4.69) is 4.98 Å². The number of aromatic nitrogens is 2. The Kier molecular flexibility index (Phi) is 2.99. The number of H-pyrrole nitrogens is 1. The van der Waals surface area contributed by atoms with E-state index in [1.807, 2.05) is 6.92 Å². The third-order valence-electron chi connectivity index (χ3n) is 2.80. The second-order valence-electron chi connectivity index (χ2n) is 4.09. The Balaban J connectivity index is 2.41. The average molecular weight is 238 g/mol. The molecule has 1 aromatic heterocycles. The fraction of sp³-hybridized carbons (Fsp3) is 0.455. The van der Waals surface area contributed by atoms with Gasteiger partial charge in [-0.05, 0) is 25.5 Å². The quantitative estimate of drug-likeness (QED) is 0.692. The maximum absolute atomic E-state index is 11.6. The monoisotopic (exact) mass is 238 g/mol. The van der Waals surface area contributed by atoms with Crippen molar-refractivity contribution in [2.45, 2.75) is 26.2 Å². The van der Waals surface area contributed by atoms with E-state index >= 15 is 0 Å². The lowest BCUT2D eigenvalue weighted by atomic mass is 10.2. The minimum Gasteiger partial charge on any atom is -0.393 e. The number of hydrogen-bond donors (Lipinski definition) is 2. The first-order valence-corrected chi connectivity index (χ1v) is 5.29. The average Bonchev–Trinajstić information content (AvgIpc) is 2.65. The molecule has 1 aliphatic heterocycles. The Labute approximate surface area is 97.2 Å². The van der Waals surface area contributed by atoms with Crippen molar-refractivity contribution in [1.29, 1.82) is 0 Å². The first-order valence-electron chi connectivity index (χ1n) is 5.29. The van der Waals surface area contributed by atoms with Crippen molar-refractivity contribution < 1.29 is 9.84 Å². The van der Waals surface area contributed by atoms with Crippen molar-refractivity contribution in [3.05, 3.63) is 44.2 Å². The molecule has 0 radical (unpaired) electrons. The van der Waals surface area contributed by atoms with Gasteiger partial charge in [0.1, 0.15) is 6.10 Å². The SMILES string of the molecule is CC1=C[C@H](n2cc(C)c(=O)[nH]c2=O)O[C@@H]1CO. The van der Waals surface area contributed by atoms with Gasteiger partial charge in [0, 0.05) is 11.8 Å². The van der Waals surface area contributed by atoms with Gasteiger partial charge in [0.25, 0.3) is 5.56 Å². The Hall–Kier alpha value is -1.66. The molecule has 2 N–H and O–H groups in total. The van der Waals surface area contributed by atoms with Gasteiger partial charge >= 0.3 is 5.69 Å². The number of aliphatic hydroxyl groups excluding tert-OH is 1. The molecule has 6 heteroatoms. The third-order valence-corrected chi connectivity index (χ3v) is 2.80. The third kappa shape index (κ3) is 2.09. The number of nitrogens with zero attached hydrogens (tertiary/aromatic N) is 1. The zero-order valence-corrected chi connectivity index (χ0v) is 9.64. The summed E-state index contributed by atoms with van der Waals surface area (Å²) in [7, 11) is 0. The van der Waals surface area contributed by atoms with Crippen molar-refractivity contribution in [1.82, 2.24) is 9.55 Å². The molecule has 0 fully saturated rings. The fourth-order valence-electron chi connectivity index (χ4n) is 1.76. The van der Waals surface area contributed by atoms with Gasteiger partial charge < -0.3 is 9.84 Å². The predicted molar refractivity (Wildman–Crippen MR) is 60.8 cm³/mol. The maximum Gasteiger partial charge on any atom is 0.330 e. The molecule has 0 amide bonds. The van der Waals surface area contributed by atoms with Crippen LogP contribution in [0, 0.1) is 6.92 Å². The van der Waals surface area contributed by atoms with Crippen molar-refractivity contribution in [2.75, 3.05) is 6.61 Å². The van der Waals surface area contributed by atoms with E-state index in [-0.39, 0.29) is 12.7 Å². The van der Waals surface area contributed by atoms with Gasteiger partial charge in [0.2, 0.25) is 0 Å². The molecule has 92 valence electrons. The molecule has 0 spiro atoms. The van der Waals surface area contributed by atoms with Crippen LogP contribution in [0.1, 0.15) is 18.7 Å². The summed E-state index contributed by atoms with van der Waals surface area (Å²) in [5, 5.41) is 9.06. The Morgan fingerprint density at radius 3 is 2.76 bits per heavy atom. The number of aryl methyl sites for hydroxylation is 1. The second kappa shape index (κ2) is 4.31. The molecule has 1 aromatic rings. The van der Waals surface area contributed by atoms with Crippen LogP contribution < -0.4 is 11.2 Å². The molecule has 6 nitrogen and oxygen atoms in total. The number of hydrogen-bond acceptors (Lipinski definition) is 4. The van der Waals surface area contributed by atoms with Gasteiger partial charge in [-0.3, -0.25) is 14.3 Å². The standard InChI is InChI=1S/C11H14N2O4/c1-6-3-9(17-8(6)5-14)13-4-7(2)10(15)12-11(13)16/h3-4,8-9,14H,5H2,1-2H3,(H,12,15,16)/t8-,9-/m1/s1. The second-order valence-corrected chi connectivity index (χ2v) is 4.09. The molecule has 2 rings (SSSR count). The van der Waals surface area contributed by atoms with Gasteiger partial charge in [-0.2, -0.15) is 0 Å². The van der Waals surface area contributed by atoms with Crippen LogP contribution in [0.5, 0.6) is 0 Å². The van der Waals surface area contributed by atoms with Gasteiger partial charge in [-0.1, -0.05) is 0 Å². The molecule has 17 heavy (non-hydrogen) atoms. The Bertz CT molecular complexity index is 570. The van der Waals surface area contributed by atoms with E-state index in [0.29, 0.717) is 5.56 Å². The van der Waals surface area contributed by atoms with Crippen LogP contribution in [-0.4, -0.2) is 27.4 Å². The van der Waals surface area contributed by atoms with E-state index in [9.17, 15) is 9.59 Å². The molecule has 0 aliphatic carbocycles. The highest BCUT2D eigenvalue weighted by molar-refractivity contribution is 5.14. The van der Waals surface area contributed by atoms with Gasteiger partial charge in [-0.25, -0.2) is 4.79 Å². The Morgan fingerprint density at radius 2 is 2.18 bits per heavy atom. The zero-order chi connectivity index (χ0) is 12.6. The molecule has 0 bridgehead atoms. The highest BCUT2D eigenvalue weighted by atomic mass is 16.5. The van der Waals surface area contributed by atoms with E-state index < -0.39 is 17.5 Å². The van der Waals surface area contributed by atoms with Crippen LogP contribution in [0.2, 0.25) is 0 Å². The Morgan fingerprint density at radius 1 is 1.47 bits per heavy atom. The lowest BCUT2D eigenvalue weighted by Gasteiger charge is -2.15. The molecule has 0 saturated carbocycles. The summed E-state index contributed by atoms with van der Waals surface area (Å²) in [6.07, 6.45) is 2.24. The summed E-state index contributed by atoms with van der Waals surface area (Å²) in [6.45, 7) is 3.31. The molecule has 0 unspecified atom stereocenters. The summed E-state index contributed by atoms with van der Waals surface area (Å²) in [5.74, 6) is 0. The van der Waals surface area contributed by atoms with Crippen molar-refractivity contribution in [3.63, 3.8) is 0 Å². The van der Waals surface area contributed by atoms with Crippen LogP contribution in [0.25, 0.3) is 0 Å². The zero-order valence-electron chi connectivity index (χ0n) is 9.64. The molecule has 1 aliphatic rings. The highest BCUT2D eigenvalue weighted by Crippen LogP contribution is 2.25. The van der Waals surface area contributed by atoms with Crippen LogP contribution in [0.3, 0.4) is 0 Å². The van der Waals surface area contributed by atoms with Crippen LogP contribution in [-0.2, 0) is 4.74 Å². The largest absolute Gasteiger partial charge is 0.393 e. The molecular weight excluding hydrogens is 224 g/mol. The van der Waals surface area contributed by atoms with Crippen molar-refractivity contribution in [3.8, 4) is 0 Å². The predicted octanol–water partition coefficient (Wildman–Crippen LogP) is -0.319. The summed E-state index contributed by atoms with van der Waals surface area (Å²) in [4.78, 5) is 25.1. The van der Waals surface area contributed by atoms with Gasteiger partial charge in [0.15, 0.2) is 6.23 Å². The fourth-order valence-corrected chi connectivity index (χ4v) is 1.76. The topological polar surface area (TPSA) is 84.3 Å². The summed E-state index contributed by atoms with van der Waals surface area (Å²) in [6, 6.07) is 0. The molecule has 2 atom stereocenters. The van der Waals surface area contributed by atoms with Gasteiger partial charge in [-0.15, -0.1) is 0 Å². The lowest BCUT2D eigenvalue weighted by Crippen LogP contribution is -2.33. The van der Waals surface area contributed by atoms with Crippen molar-refractivity contribution in [2.24, 2.45) is 0 Å². The molecule has 2 heterocycles. The minimum atomic E-state index is -0.574. The highest BCUT2D eigenvalue weighted by Gasteiger charge is 2.25. The van der Waals surface area contributed by atoms with Crippen LogP contribution in [0.15, 0.2) is 27.4 Å². The first kappa shape index (κ1) is 11.8. The number of aliphatic hydroxyl groups is 1. The number of ether oxygens (including phenoxy) is 1. The summed E-state index contributed by atoms with van der Waals surface area (Å²) in [5.41, 5.74) is 0.386. The number of nitrogens with one attached hydrogen (secondary N) is 1. The van der Waals surface area contributed by atoms with Crippen molar-refractivity contribution >= 4 is 0 Å². The molecule has 0 saturated heterocycles. The molecular formula is C11H14N2O4. The lowest BCUT2D eigenvalue weighted by molar-refractivity contribution is -0.0139. The van der Waals surface area contributed by atoms with E-state index in [1.54, 1.807) is 13.0 Å². The van der Waals surface area contributed by atoms with E-state index in [4.69, 9.17) is 9.84 Å². The first-order chi connectivity index (χ1) is 8.02. The molecule has 0 aromatic carbocycles. The van der Waals surface area contributed by atoms with E-state index in [1.165, 1.54) is 10.8 Å². The van der Waals surface area contributed by atoms with Crippen LogP contribution >= 0.6 is 0 Å². The summed E-state index contributed by atoms with van der Waals surface area (Å²) >= 11 is 0. The normalized spacial score (nSPS) is 23.8. The maximum atomic E-state index is 11.6. The minimum absolute atomic E-state index is 0.129. The van der Waals surface area contributed by atoms with Crippen LogP contribution in [0.4, 0.5) is 0 Å². The number of rotatable bonds is 2.